The largest absolute Gasteiger partial charge is 0.357 e. The van der Waals surface area contributed by atoms with E-state index in [0.29, 0.717) is 10.6 Å². The first-order valence-corrected chi connectivity index (χ1v) is 10.1. The Bertz CT molecular complexity index is 821. The molecule has 1 heterocycles. The normalized spacial score (nSPS) is 21.1. The topological polar surface area (TPSA) is 63.7 Å². The van der Waals surface area contributed by atoms with Crippen LogP contribution in [0.5, 0.6) is 0 Å². The van der Waals surface area contributed by atoms with Crippen LogP contribution in [0.1, 0.15) is 66.7 Å². The van der Waals surface area contributed by atoms with E-state index in [2.05, 4.69) is 32.9 Å². The molecule has 2 rings (SSSR count). The molecule has 0 bridgehead atoms. The second-order valence-corrected chi connectivity index (χ2v) is 8.42. The molecule has 0 aromatic heterocycles. The molecule has 156 valence electrons. The summed E-state index contributed by atoms with van der Waals surface area (Å²) >= 11 is 0. The van der Waals surface area contributed by atoms with E-state index in [0.717, 1.165) is 5.57 Å². The minimum absolute atomic E-state index is 0.0832. The lowest BCUT2D eigenvalue weighted by Gasteiger charge is -2.32. The number of hydrogen-bond acceptors (Lipinski definition) is 4. The number of carbonyl (C=O) groups is 3. The summed E-state index contributed by atoms with van der Waals surface area (Å²) in [7, 11) is 0. The maximum Gasteiger partial charge on any atom is 0.357 e. The van der Waals surface area contributed by atoms with Gasteiger partial charge < -0.3 is 4.84 Å². The molecule has 0 atom stereocenters. The molecule has 0 N–H and O–H groups in total. The van der Waals surface area contributed by atoms with Gasteiger partial charge in [-0.3, -0.25) is 9.59 Å². The van der Waals surface area contributed by atoms with Gasteiger partial charge in [-0.15, -0.1) is 5.06 Å². The first kappa shape index (κ1) is 22.6. The van der Waals surface area contributed by atoms with E-state index in [1.54, 1.807) is 13.0 Å². The van der Waals surface area contributed by atoms with Crippen molar-refractivity contribution in [2.45, 2.75) is 66.7 Å². The summed E-state index contributed by atoms with van der Waals surface area (Å²) < 4.78 is 0. The summed E-state index contributed by atoms with van der Waals surface area (Å²) in [6.45, 7) is 10.6. The lowest BCUT2D eigenvalue weighted by atomic mass is 9.72. The maximum atomic E-state index is 11.9. The highest BCUT2D eigenvalue weighted by Crippen LogP contribution is 2.40. The van der Waals surface area contributed by atoms with E-state index in [9.17, 15) is 14.4 Å². The highest BCUT2D eigenvalue weighted by Gasteiger charge is 2.32. The van der Waals surface area contributed by atoms with E-state index in [1.807, 2.05) is 19.1 Å². The first-order chi connectivity index (χ1) is 13.6. The van der Waals surface area contributed by atoms with E-state index < -0.39 is 17.8 Å². The molecule has 2 aliphatic rings. The summed E-state index contributed by atoms with van der Waals surface area (Å²) in [6, 6.07) is 0. The van der Waals surface area contributed by atoms with Crippen molar-refractivity contribution in [3.05, 3.63) is 58.7 Å². The Labute approximate surface area is 173 Å². The van der Waals surface area contributed by atoms with E-state index in [1.165, 1.54) is 36.5 Å². The van der Waals surface area contributed by atoms with Crippen molar-refractivity contribution in [1.82, 2.24) is 5.06 Å². The molecular formula is C24H31NO4. The van der Waals surface area contributed by atoms with Gasteiger partial charge in [0.15, 0.2) is 0 Å². The lowest BCUT2D eigenvalue weighted by molar-refractivity contribution is -0.193. The Morgan fingerprint density at radius 3 is 2.31 bits per heavy atom. The number of carbonyl (C=O) groups excluding carboxylic acids is 3. The van der Waals surface area contributed by atoms with Crippen LogP contribution in [0.25, 0.3) is 0 Å². The highest BCUT2D eigenvalue weighted by atomic mass is 16.7. The molecule has 1 aliphatic carbocycles. The van der Waals surface area contributed by atoms with Crippen LogP contribution in [0.3, 0.4) is 0 Å². The van der Waals surface area contributed by atoms with Crippen LogP contribution < -0.4 is 0 Å². The predicted molar refractivity (Wildman–Crippen MR) is 113 cm³/mol. The third kappa shape index (κ3) is 6.41. The summed E-state index contributed by atoms with van der Waals surface area (Å²) in [5, 5.41) is 0.550. The van der Waals surface area contributed by atoms with Crippen LogP contribution in [-0.4, -0.2) is 22.8 Å². The molecule has 0 radical (unpaired) electrons. The van der Waals surface area contributed by atoms with E-state index in [4.69, 9.17) is 4.84 Å². The van der Waals surface area contributed by atoms with E-state index >= 15 is 0 Å². The van der Waals surface area contributed by atoms with Gasteiger partial charge in [0, 0.05) is 18.9 Å². The Morgan fingerprint density at radius 1 is 1.03 bits per heavy atom. The molecule has 1 aliphatic heterocycles. The van der Waals surface area contributed by atoms with Gasteiger partial charge in [0.25, 0.3) is 11.8 Å². The number of imide groups is 1. The number of amides is 2. The average molecular weight is 398 g/mol. The Balaban J connectivity index is 1.95. The van der Waals surface area contributed by atoms with Gasteiger partial charge in [-0.1, -0.05) is 55.4 Å². The second kappa shape index (κ2) is 9.68. The molecule has 0 spiro atoms. The number of allylic oxidation sites excluding steroid dienone is 9. The van der Waals surface area contributed by atoms with Crippen LogP contribution in [0.15, 0.2) is 58.7 Å². The minimum Gasteiger partial charge on any atom is -0.326 e. The first-order valence-electron chi connectivity index (χ1n) is 10.1. The van der Waals surface area contributed by atoms with Gasteiger partial charge in [-0.25, -0.2) is 4.79 Å². The third-order valence-electron chi connectivity index (χ3n) is 5.31. The van der Waals surface area contributed by atoms with Crippen LogP contribution in [-0.2, 0) is 19.2 Å². The van der Waals surface area contributed by atoms with Crippen molar-refractivity contribution < 1.29 is 19.2 Å². The molecule has 5 heteroatoms. The quantitative estimate of drug-likeness (QED) is 0.354. The van der Waals surface area contributed by atoms with Crippen molar-refractivity contribution in [2.24, 2.45) is 5.41 Å². The van der Waals surface area contributed by atoms with Crippen LogP contribution >= 0.6 is 0 Å². The molecule has 5 nitrogen and oxygen atoms in total. The molecule has 0 aromatic carbocycles. The van der Waals surface area contributed by atoms with Gasteiger partial charge >= 0.3 is 5.97 Å². The molecule has 1 fully saturated rings. The fraction of sp³-hybridized carbons (Fsp3) is 0.458. The summed E-state index contributed by atoms with van der Waals surface area (Å²) in [4.78, 5) is 39.6. The van der Waals surface area contributed by atoms with Gasteiger partial charge in [0.05, 0.1) is 0 Å². The predicted octanol–water partition coefficient (Wildman–Crippen LogP) is 5.13. The van der Waals surface area contributed by atoms with E-state index in [-0.39, 0.29) is 18.3 Å². The van der Waals surface area contributed by atoms with Crippen molar-refractivity contribution in [3.8, 4) is 0 Å². The molecule has 2 amide bonds. The molecule has 0 saturated carbocycles. The standard InChI is InChI=1S/C24H31NO4/c1-17(11-12-20-19(3)10-7-15-24(20,4)5)8-6-9-18(2)16-23(28)29-25-21(26)13-14-22(25)27/h6,8-9,11-12,16H,7,10,13-15H2,1-5H3/b9-6+,12-11+,17-8+,18-16+. The maximum absolute atomic E-state index is 11.9. The zero-order chi connectivity index (χ0) is 21.6. The SMILES string of the molecule is CC1=C(/C=C/C(C)=C/C=C/C(C)=C/C(=O)ON2C(=O)CCC2=O)C(C)(C)CCC1. The van der Waals surface area contributed by atoms with Crippen molar-refractivity contribution in [1.29, 1.82) is 0 Å². The fourth-order valence-corrected chi connectivity index (χ4v) is 3.64. The van der Waals surface area contributed by atoms with Crippen LogP contribution in [0.4, 0.5) is 0 Å². The lowest BCUT2D eigenvalue weighted by Crippen LogP contribution is -2.31. The number of hydroxylamine groups is 2. The minimum atomic E-state index is -0.738. The monoisotopic (exact) mass is 397 g/mol. The summed E-state index contributed by atoms with van der Waals surface area (Å²) in [6.07, 6.45) is 15.0. The Hall–Kier alpha value is -2.69. The highest BCUT2D eigenvalue weighted by molar-refractivity contribution is 6.02. The Kier molecular flexibility index (Phi) is 7.54. The van der Waals surface area contributed by atoms with Gasteiger partial charge in [0.1, 0.15) is 0 Å². The van der Waals surface area contributed by atoms with Crippen LogP contribution in [0, 0.1) is 5.41 Å². The molecule has 0 unspecified atom stereocenters. The molecule has 29 heavy (non-hydrogen) atoms. The smallest absolute Gasteiger partial charge is 0.326 e. The summed E-state index contributed by atoms with van der Waals surface area (Å²) in [5.41, 5.74) is 4.87. The summed E-state index contributed by atoms with van der Waals surface area (Å²) in [5.74, 6) is -1.71. The number of rotatable bonds is 6. The zero-order valence-corrected chi connectivity index (χ0v) is 18.1. The third-order valence-corrected chi connectivity index (χ3v) is 5.31. The fourth-order valence-electron chi connectivity index (χ4n) is 3.64. The van der Waals surface area contributed by atoms with Gasteiger partial charge in [0.2, 0.25) is 0 Å². The van der Waals surface area contributed by atoms with Gasteiger partial charge in [-0.05, 0) is 56.6 Å². The number of hydrogen-bond donors (Lipinski definition) is 0. The zero-order valence-electron chi connectivity index (χ0n) is 18.1. The Morgan fingerprint density at radius 2 is 1.69 bits per heavy atom. The molecule has 1 saturated heterocycles. The van der Waals surface area contributed by atoms with Crippen molar-refractivity contribution in [2.75, 3.05) is 0 Å². The van der Waals surface area contributed by atoms with Crippen molar-refractivity contribution in [3.63, 3.8) is 0 Å². The van der Waals surface area contributed by atoms with Crippen LogP contribution in [0.2, 0.25) is 0 Å². The average Bonchev–Trinajstić information content (AvgIpc) is 2.92. The van der Waals surface area contributed by atoms with Crippen molar-refractivity contribution >= 4 is 17.8 Å². The number of nitrogens with zero attached hydrogens (tertiary/aromatic N) is 1. The molecule has 0 aromatic rings. The second-order valence-electron chi connectivity index (χ2n) is 8.42. The van der Waals surface area contributed by atoms with Gasteiger partial charge in [-0.2, -0.15) is 0 Å². The molecular weight excluding hydrogens is 366 g/mol.